The van der Waals surface area contributed by atoms with Crippen LogP contribution in [0.4, 0.5) is 0 Å². The Labute approximate surface area is 135 Å². The largest absolute Gasteiger partial charge is 0.240 e. The summed E-state index contributed by atoms with van der Waals surface area (Å²) in [7, 11) is -3.61. The van der Waals surface area contributed by atoms with Gasteiger partial charge in [-0.05, 0) is 40.6 Å². The summed E-state index contributed by atoms with van der Waals surface area (Å²) in [6.07, 6.45) is 0. The molecule has 0 bridgehead atoms. The monoisotopic (exact) mass is 322 g/mol. The zero-order valence-corrected chi connectivity index (χ0v) is 13.0. The molecule has 0 aliphatic heterocycles. The van der Waals surface area contributed by atoms with Gasteiger partial charge in [0, 0.05) is 6.54 Å². The summed E-state index contributed by atoms with van der Waals surface area (Å²) in [6.45, 7) is 0.212. The van der Waals surface area contributed by atoms with Crippen molar-refractivity contribution in [2.75, 3.05) is 0 Å². The third-order valence-electron chi connectivity index (χ3n) is 3.63. The first-order chi connectivity index (χ1) is 11.1. The van der Waals surface area contributed by atoms with Gasteiger partial charge in [-0.2, -0.15) is 5.26 Å². The van der Waals surface area contributed by atoms with Gasteiger partial charge in [-0.3, -0.25) is 0 Å². The van der Waals surface area contributed by atoms with E-state index in [9.17, 15) is 8.42 Å². The van der Waals surface area contributed by atoms with Crippen LogP contribution >= 0.6 is 0 Å². The van der Waals surface area contributed by atoms with E-state index in [4.69, 9.17) is 5.26 Å². The number of hydrogen-bond donors (Lipinski definition) is 1. The van der Waals surface area contributed by atoms with Crippen LogP contribution in [-0.4, -0.2) is 8.42 Å². The van der Waals surface area contributed by atoms with Crippen LogP contribution in [0.15, 0.2) is 71.6 Å². The van der Waals surface area contributed by atoms with Crippen LogP contribution in [0.25, 0.3) is 10.8 Å². The lowest BCUT2D eigenvalue weighted by Crippen LogP contribution is -2.23. The zero-order valence-electron chi connectivity index (χ0n) is 12.2. The molecule has 0 aromatic heterocycles. The van der Waals surface area contributed by atoms with E-state index >= 15 is 0 Å². The second-order valence-electron chi connectivity index (χ2n) is 5.10. The highest BCUT2D eigenvalue weighted by atomic mass is 32.2. The maximum Gasteiger partial charge on any atom is 0.240 e. The second kappa shape index (κ2) is 6.21. The van der Waals surface area contributed by atoms with Crippen molar-refractivity contribution in [1.29, 1.82) is 5.26 Å². The molecule has 4 nitrogen and oxygen atoms in total. The van der Waals surface area contributed by atoms with Crippen molar-refractivity contribution >= 4 is 20.8 Å². The Bertz CT molecular complexity index is 982. The minimum Gasteiger partial charge on any atom is -0.207 e. The van der Waals surface area contributed by atoms with Gasteiger partial charge in [0.25, 0.3) is 0 Å². The topological polar surface area (TPSA) is 70.0 Å². The Hall–Kier alpha value is -2.68. The van der Waals surface area contributed by atoms with Crippen LogP contribution in [0.2, 0.25) is 0 Å². The number of hydrogen-bond acceptors (Lipinski definition) is 3. The number of rotatable bonds is 4. The summed E-state index contributed by atoms with van der Waals surface area (Å²) < 4.78 is 27.3. The first-order valence-electron chi connectivity index (χ1n) is 7.07. The average Bonchev–Trinajstić information content (AvgIpc) is 2.60. The van der Waals surface area contributed by atoms with Crippen LogP contribution in [0.1, 0.15) is 11.1 Å². The van der Waals surface area contributed by atoms with Crippen molar-refractivity contribution in [3.05, 3.63) is 77.9 Å². The molecule has 0 saturated heterocycles. The summed E-state index contributed by atoms with van der Waals surface area (Å²) >= 11 is 0. The van der Waals surface area contributed by atoms with E-state index in [1.165, 1.54) is 24.3 Å². The van der Waals surface area contributed by atoms with Crippen LogP contribution in [0.5, 0.6) is 0 Å². The van der Waals surface area contributed by atoms with Gasteiger partial charge in [0.15, 0.2) is 0 Å². The highest BCUT2D eigenvalue weighted by Gasteiger charge is 2.14. The number of sulfonamides is 1. The van der Waals surface area contributed by atoms with Gasteiger partial charge in [-0.25, -0.2) is 13.1 Å². The molecule has 3 rings (SSSR count). The molecule has 23 heavy (non-hydrogen) atoms. The summed E-state index contributed by atoms with van der Waals surface area (Å²) in [5.74, 6) is 0. The molecule has 0 saturated carbocycles. The molecule has 0 aliphatic rings. The molecule has 0 spiro atoms. The van der Waals surface area contributed by atoms with Crippen molar-refractivity contribution in [3.63, 3.8) is 0 Å². The van der Waals surface area contributed by atoms with Gasteiger partial charge in [0.1, 0.15) is 0 Å². The summed E-state index contributed by atoms with van der Waals surface area (Å²) in [6, 6.07) is 21.5. The van der Waals surface area contributed by atoms with Crippen molar-refractivity contribution < 1.29 is 8.42 Å². The molecule has 0 amide bonds. The Balaban J connectivity index is 1.85. The molecular weight excluding hydrogens is 308 g/mol. The van der Waals surface area contributed by atoms with Gasteiger partial charge < -0.3 is 0 Å². The molecular formula is C18H14N2O2S. The Kier molecular flexibility index (Phi) is 4.11. The van der Waals surface area contributed by atoms with E-state index in [2.05, 4.69) is 4.72 Å². The predicted octanol–water partition coefficient (Wildman–Crippen LogP) is 3.19. The fourth-order valence-corrected chi connectivity index (χ4v) is 3.42. The zero-order chi connectivity index (χ0) is 16.3. The molecule has 3 aromatic rings. The third kappa shape index (κ3) is 3.24. The molecule has 5 heteroatoms. The number of benzene rings is 3. The lowest BCUT2D eigenvalue weighted by Gasteiger charge is -2.09. The Morgan fingerprint density at radius 3 is 2.35 bits per heavy atom. The van der Waals surface area contributed by atoms with E-state index in [0.717, 1.165) is 16.3 Å². The maximum atomic E-state index is 12.3. The molecule has 1 N–H and O–H groups in total. The normalized spacial score (nSPS) is 11.3. The molecule has 0 unspecified atom stereocenters. The minimum absolute atomic E-state index is 0.150. The molecule has 0 fully saturated rings. The summed E-state index contributed by atoms with van der Waals surface area (Å²) in [5.41, 5.74) is 1.35. The summed E-state index contributed by atoms with van der Waals surface area (Å²) in [5, 5.41) is 10.9. The van der Waals surface area contributed by atoms with Crippen molar-refractivity contribution in [2.45, 2.75) is 11.4 Å². The molecule has 0 aliphatic carbocycles. The highest BCUT2D eigenvalue weighted by Crippen LogP contribution is 2.19. The highest BCUT2D eigenvalue weighted by molar-refractivity contribution is 7.89. The molecule has 0 heterocycles. The SMILES string of the molecule is N#Cc1ccc(S(=O)(=O)NCc2cccc3ccccc23)cc1. The number of fused-ring (bicyclic) bond motifs is 1. The van der Waals surface area contributed by atoms with E-state index < -0.39 is 10.0 Å². The van der Waals surface area contributed by atoms with Crippen LogP contribution in [0.3, 0.4) is 0 Å². The van der Waals surface area contributed by atoms with Crippen LogP contribution in [-0.2, 0) is 16.6 Å². The van der Waals surface area contributed by atoms with Gasteiger partial charge in [-0.1, -0.05) is 42.5 Å². The number of nitrogens with zero attached hydrogens (tertiary/aromatic N) is 1. The molecule has 3 aromatic carbocycles. The average molecular weight is 322 g/mol. The molecule has 0 radical (unpaired) electrons. The van der Waals surface area contributed by atoms with Crippen LogP contribution in [0, 0.1) is 11.3 Å². The fraction of sp³-hybridized carbons (Fsp3) is 0.0556. The lowest BCUT2D eigenvalue weighted by atomic mass is 10.1. The van der Waals surface area contributed by atoms with Crippen LogP contribution < -0.4 is 4.72 Å². The standard InChI is InChI=1S/C18H14N2O2S/c19-12-14-8-10-17(11-9-14)23(21,22)20-13-16-6-3-5-15-4-1-2-7-18(15)16/h1-11,20H,13H2. The van der Waals surface area contributed by atoms with Crippen molar-refractivity contribution in [3.8, 4) is 6.07 Å². The quantitative estimate of drug-likeness (QED) is 0.802. The van der Waals surface area contributed by atoms with Gasteiger partial charge >= 0.3 is 0 Å². The van der Waals surface area contributed by atoms with E-state index in [1.807, 2.05) is 48.5 Å². The number of nitrogens with one attached hydrogen (secondary N) is 1. The van der Waals surface area contributed by atoms with Gasteiger partial charge in [-0.15, -0.1) is 0 Å². The van der Waals surface area contributed by atoms with Gasteiger partial charge in [0.05, 0.1) is 16.5 Å². The van der Waals surface area contributed by atoms with Gasteiger partial charge in [0.2, 0.25) is 10.0 Å². The summed E-state index contributed by atoms with van der Waals surface area (Å²) in [4.78, 5) is 0.150. The van der Waals surface area contributed by atoms with E-state index in [1.54, 1.807) is 0 Å². The van der Waals surface area contributed by atoms with E-state index in [-0.39, 0.29) is 11.4 Å². The smallest absolute Gasteiger partial charge is 0.207 e. The third-order valence-corrected chi connectivity index (χ3v) is 5.04. The van der Waals surface area contributed by atoms with Crippen molar-refractivity contribution in [1.82, 2.24) is 4.72 Å². The van der Waals surface area contributed by atoms with Crippen molar-refractivity contribution in [2.24, 2.45) is 0 Å². The first-order valence-corrected chi connectivity index (χ1v) is 8.55. The second-order valence-corrected chi connectivity index (χ2v) is 6.87. The van der Waals surface area contributed by atoms with E-state index in [0.29, 0.717) is 5.56 Å². The molecule has 0 atom stereocenters. The predicted molar refractivity (Wildman–Crippen MR) is 89.1 cm³/mol. The molecule has 114 valence electrons. The minimum atomic E-state index is -3.61. The maximum absolute atomic E-state index is 12.3. The fourth-order valence-electron chi connectivity index (χ4n) is 2.41. The first kappa shape index (κ1) is 15.2. The Morgan fingerprint density at radius 1 is 0.913 bits per heavy atom. The lowest BCUT2D eigenvalue weighted by molar-refractivity contribution is 0.581. The Morgan fingerprint density at radius 2 is 1.61 bits per heavy atom. The number of nitriles is 1.